The van der Waals surface area contributed by atoms with E-state index < -0.39 is 0 Å². The lowest BCUT2D eigenvalue weighted by atomic mass is 10.2. The highest BCUT2D eigenvalue weighted by Crippen LogP contribution is 2.19. The number of hydrogen-bond acceptors (Lipinski definition) is 5. The molecule has 1 aromatic heterocycles. The van der Waals surface area contributed by atoms with Gasteiger partial charge in [0.2, 0.25) is 0 Å². The third kappa shape index (κ3) is 3.39. The number of piperazine rings is 1. The minimum Gasteiger partial charge on any atom is -0.395 e. The van der Waals surface area contributed by atoms with E-state index in [1.807, 2.05) is 17.0 Å². The third-order valence-electron chi connectivity index (χ3n) is 4.50. The molecule has 0 aliphatic carbocycles. The van der Waals surface area contributed by atoms with Crippen molar-refractivity contribution in [1.29, 1.82) is 0 Å². The van der Waals surface area contributed by atoms with Crippen LogP contribution in [0.15, 0.2) is 18.3 Å². The summed E-state index contributed by atoms with van der Waals surface area (Å²) in [5.74, 6) is 1.01. The second-order valence-corrected chi connectivity index (χ2v) is 5.95. The average molecular weight is 304 g/mol. The van der Waals surface area contributed by atoms with Crippen LogP contribution in [-0.2, 0) is 0 Å². The summed E-state index contributed by atoms with van der Waals surface area (Å²) in [6.07, 6.45) is 4.14. The summed E-state index contributed by atoms with van der Waals surface area (Å²) in [5, 5.41) is 8.97. The van der Waals surface area contributed by atoms with E-state index in [-0.39, 0.29) is 12.5 Å². The Morgan fingerprint density at radius 3 is 2.55 bits per heavy atom. The number of hydrogen-bond donors (Lipinski definition) is 1. The topological polar surface area (TPSA) is 59.9 Å². The smallest absolute Gasteiger partial charge is 0.254 e. The van der Waals surface area contributed by atoms with Crippen molar-refractivity contribution in [3.8, 4) is 0 Å². The minimum atomic E-state index is 0.0893. The lowest BCUT2D eigenvalue weighted by Crippen LogP contribution is -2.49. The van der Waals surface area contributed by atoms with Crippen LogP contribution in [0.3, 0.4) is 0 Å². The van der Waals surface area contributed by atoms with Gasteiger partial charge >= 0.3 is 0 Å². The lowest BCUT2D eigenvalue weighted by molar-refractivity contribution is 0.0615. The molecule has 6 nitrogen and oxygen atoms in total. The predicted octanol–water partition coefficient (Wildman–Crippen LogP) is 0.432. The van der Waals surface area contributed by atoms with Gasteiger partial charge in [0.15, 0.2) is 0 Å². The van der Waals surface area contributed by atoms with Crippen LogP contribution in [0.5, 0.6) is 0 Å². The summed E-state index contributed by atoms with van der Waals surface area (Å²) in [6, 6.07) is 3.73. The minimum absolute atomic E-state index is 0.0893. The molecule has 0 unspecified atom stereocenters. The van der Waals surface area contributed by atoms with Crippen molar-refractivity contribution in [2.75, 3.05) is 57.3 Å². The number of nitrogens with zero attached hydrogens (tertiary/aromatic N) is 4. The van der Waals surface area contributed by atoms with E-state index in [0.717, 1.165) is 50.6 Å². The number of rotatable bonds is 4. The Hall–Kier alpha value is -1.66. The quantitative estimate of drug-likeness (QED) is 0.874. The highest BCUT2D eigenvalue weighted by atomic mass is 16.3. The van der Waals surface area contributed by atoms with Crippen LogP contribution < -0.4 is 4.90 Å². The Bertz CT molecular complexity index is 509. The number of aliphatic hydroxyl groups is 1. The molecule has 120 valence electrons. The largest absolute Gasteiger partial charge is 0.395 e. The Labute approximate surface area is 131 Å². The first-order valence-electron chi connectivity index (χ1n) is 8.11. The van der Waals surface area contributed by atoms with E-state index in [4.69, 9.17) is 5.11 Å². The van der Waals surface area contributed by atoms with Crippen molar-refractivity contribution < 1.29 is 9.90 Å². The van der Waals surface area contributed by atoms with Crippen molar-refractivity contribution in [1.82, 2.24) is 14.8 Å². The molecule has 1 N–H and O–H groups in total. The average Bonchev–Trinajstić information content (AvgIpc) is 3.10. The Morgan fingerprint density at radius 1 is 1.14 bits per heavy atom. The molecule has 2 aliphatic rings. The van der Waals surface area contributed by atoms with Crippen LogP contribution >= 0.6 is 0 Å². The summed E-state index contributed by atoms with van der Waals surface area (Å²) >= 11 is 0. The van der Waals surface area contributed by atoms with Crippen molar-refractivity contribution in [2.24, 2.45) is 0 Å². The van der Waals surface area contributed by atoms with E-state index >= 15 is 0 Å². The first-order chi connectivity index (χ1) is 10.8. The molecule has 3 rings (SSSR count). The number of amides is 1. The number of anilines is 1. The van der Waals surface area contributed by atoms with Crippen LogP contribution in [0.1, 0.15) is 23.2 Å². The van der Waals surface area contributed by atoms with Gasteiger partial charge in [-0.25, -0.2) is 4.98 Å². The molecule has 0 aromatic carbocycles. The first-order valence-corrected chi connectivity index (χ1v) is 8.11. The molecule has 2 saturated heterocycles. The molecule has 1 amide bonds. The number of β-amino-alcohol motifs (C(OH)–C–C–N with tert-alkyl or cyclic N) is 1. The van der Waals surface area contributed by atoms with E-state index in [1.165, 1.54) is 12.8 Å². The SMILES string of the molecule is O=C(c1ccnc(N2CCCC2)c1)N1CCN(CCO)CC1. The van der Waals surface area contributed by atoms with Gasteiger partial charge in [-0.15, -0.1) is 0 Å². The molecular formula is C16H24N4O2. The fourth-order valence-corrected chi connectivity index (χ4v) is 3.17. The van der Waals surface area contributed by atoms with Gasteiger partial charge in [0.25, 0.3) is 5.91 Å². The van der Waals surface area contributed by atoms with Crippen molar-refractivity contribution >= 4 is 11.7 Å². The molecule has 0 bridgehead atoms. The molecule has 22 heavy (non-hydrogen) atoms. The highest BCUT2D eigenvalue weighted by Gasteiger charge is 2.23. The summed E-state index contributed by atoms with van der Waals surface area (Å²) in [7, 11) is 0. The van der Waals surface area contributed by atoms with Crippen LogP contribution in [-0.4, -0.2) is 78.2 Å². The monoisotopic (exact) mass is 304 g/mol. The van der Waals surface area contributed by atoms with Gasteiger partial charge in [0.05, 0.1) is 6.61 Å². The van der Waals surface area contributed by atoms with Gasteiger partial charge < -0.3 is 14.9 Å². The fourth-order valence-electron chi connectivity index (χ4n) is 3.17. The van der Waals surface area contributed by atoms with Gasteiger partial charge in [-0.1, -0.05) is 0 Å². The normalized spacial score (nSPS) is 19.7. The molecule has 1 aromatic rings. The zero-order valence-corrected chi connectivity index (χ0v) is 12.9. The second kappa shape index (κ2) is 7.07. The molecule has 0 atom stereocenters. The van der Waals surface area contributed by atoms with Crippen LogP contribution in [0.4, 0.5) is 5.82 Å². The van der Waals surface area contributed by atoms with Gasteiger partial charge in [-0.2, -0.15) is 0 Å². The Kier molecular flexibility index (Phi) is 4.90. The van der Waals surface area contributed by atoms with Crippen LogP contribution in [0, 0.1) is 0 Å². The zero-order valence-electron chi connectivity index (χ0n) is 12.9. The number of pyridine rings is 1. The second-order valence-electron chi connectivity index (χ2n) is 5.95. The molecule has 0 radical (unpaired) electrons. The number of aromatic nitrogens is 1. The molecule has 2 fully saturated rings. The van der Waals surface area contributed by atoms with Crippen molar-refractivity contribution in [2.45, 2.75) is 12.8 Å². The maximum absolute atomic E-state index is 12.6. The number of carbonyl (C=O) groups is 1. The number of carbonyl (C=O) groups excluding carboxylic acids is 1. The van der Waals surface area contributed by atoms with Crippen LogP contribution in [0.25, 0.3) is 0 Å². The Balaban J connectivity index is 1.64. The summed E-state index contributed by atoms with van der Waals surface area (Å²) in [4.78, 5) is 23.4. The summed E-state index contributed by atoms with van der Waals surface area (Å²) in [5.41, 5.74) is 0.729. The van der Waals surface area contributed by atoms with Gasteiger partial charge in [-0.3, -0.25) is 9.69 Å². The van der Waals surface area contributed by atoms with Crippen molar-refractivity contribution in [3.63, 3.8) is 0 Å². The van der Waals surface area contributed by atoms with Gasteiger partial charge in [0, 0.05) is 57.6 Å². The van der Waals surface area contributed by atoms with Gasteiger partial charge in [0.1, 0.15) is 5.82 Å². The fraction of sp³-hybridized carbons (Fsp3) is 0.625. The molecule has 6 heteroatoms. The number of aliphatic hydroxyl groups excluding tert-OH is 1. The van der Waals surface area contributed by atoms with Gasteiger partial charge in [-0.05, 0) is 25.0 Å². The van der Waals surface area contributed by atoms with E-state index in [2.05, 4.69) is 14.8 Å². The lowest BCUT2D eigenvalue weighted by Gasteiger charge is -2.34. The first kappa shape index (κ1) is 15.2. The zero-order chi connectivity index (χ0) is 15.4. The Morgan fingerprint density at radius 2 is 1.86 bits per heavy atom. The molecule has 0 spiro atoms. The molecular weight excluding hydrogens is 280 g/mol. The van der Waals surface area contributed by atoms with Crippen molar-refractivity contribution in [3.05, 3.63) is 23.9 Å². The maximum Gasteiger partial charge on any atom is 0.254 e. The third-order valence-corrected chi connectivity index (χ3v) is 4.50. The molecule has 0 saturated carbocycles. The van der Waals surface area contributed by atoms with E-state index in [9.17, 15) is 4.79 Å². The standard InChI is InChI=1S/C16H24N4O2/c21-12-11-18-7-9-20(10-8-18)16(22)14-3-4-17-15(13-14)19-5-1-2-6-19/h3-4,13,21H,1-2,5-12H2. The predicted molar refractivity (Wildman–Crippen MR) is 85.1 cm³/mol. The molecule has 2 aliphatic heterocycles. The molecule has 3 heterocycles. The highest BCUT2D eigenvalue weighted by molar-refractivity contribution is 5.95. The van der Waals surface area contributed by atoms with E-state index in [0.29, 0.717) is 6.54 Å². The maximum atomic E-state index is 12.6. The van der Waals surface area contributed by atoms with Crippen LogP contribution in [0.2, 0.25) is 0 Å². The summed E-state index contributed by atoms with van der Waals surface area (Å²) in [6.45, 7) is 6.04. The summed E-state index contributed by atoms with van der Waals surface area (Å²) < 4.78 is 0. The van der Waals surface area contributed by atoms with E-state index in [1.54, 1.807) is 6.20 Å².